The number of benzene rings is 1. The maximum atomic E-state index is 14.9. The molecule has 0 radical (unpaired) electrons. The average Bonchev–Trinajstić information content (AvgIpc) is 3.24. The summed E-state index contributed by atoms with van der Waals surface area (Å²) < 4.78 is 24.6. The van der Waals surface area contributed by atoms with E-state index in [4.69, 9.17) is 21.3 Å². The molecule has 170 valence electrons. The summed E-state index contributed by atoms with van der Waals surface area (Å²) in [5.74, 6) is 0.00245. The van der Waals surface area contributed by atoms with E-state index in [1.807, 2.05) is 40.7 Å². The van der Waals surface area contributed by atoms with Gasteiger partial charge in [0.05, 0.1) is 25.5 Å². The molecule has 0 saturated carbocycles. The number of aromatic nitrogens is 5. The molecule has 1 atom stereocenters. The molecule has 1 aliphatic rings. The van der Waals surface area contributed by atoms with E-state index in [9.17, 15) is 9.18 Å². The van der Waals surface area contributed by atoms with E-state index in [0.717, 1.165) is 5.56 Å². The smallest absolute Gasteiger partial charge is 0.262 e. The van der Waals surface area contributed by atoms with Gasteiger partial charge in [-0.2, -0.15) is 5.10 Å². The normalized spacial score (nSPS) is 16.5. The van der Waals surface area contributed by atoms with Gasteiger partial charge in [-0.1, -0.05) is 11.6 Å². The number of hydrogen-bond donors (Lipinski definition) is 0. The summed E-state index contributed by atoms with van der Waals surface area (Å²) in [5, 5.41) is 4.50. The minimum Gasteiger partial charge on any atom is -0.370 e. The highest BCUT2D eigenvalue weighted by Gasteiger charge is 2.26. The largest absolute Gasteiger partial charge is 0.370 e. The van der Waals surface area contributed by atoms with E-state index < -0.39 is 5.82 Å². The SMILES string of the molecule is Cc1c(I)nc2c(-c3ccc(Cl)cc3F)nc(N3CCO[C@@H](c4cnn(C)c4)C3)cn2c1=O. The molecule has 8 nitrogen and oxygen atoms in total. The molecule has 5 rings (SSSR count). The van der Waals surface area contributed by atoms with Crippen molar-refractivity contribution in [1.29, 1.82) is 0 Å². The van der Waals surface area contributed by atoms with Crippen LogP contribution < -0.4 is 10.5 Å². The predicted molar refractivity (Wildman–Crippen MR) is 131 cm³/mol. The van der Waals surface area contributed by atoms with Gasteiger partial charge in [0, 0.05) is 41.5 Å². The lowest BCUT2D eigenvalue weighted by molar-refractivity contribution is 0.0394. The van der Waals surface area contributed by atoms with E-state index in [0.29, 0.717) is 34.8 Å². The van der Waals surface area contributed by atoms with Crippen LogP contribution in [0.3, 0.4) is 0 Å². The monoisotopic (exact) mass is 580 g/mol. The quantitative estimate of drug-likeness (QED) is 0.271. The molecule has 1 fully saturated rings. The van der Waals surface area contributed by atoms with Crippen LogP contribution in [-0.4, -0.2) is 43.8 Å². The number of fused-ring (bicyclic) bond motifs is 1. The molecular weight excluding hydrogens is 562 g/mol. The van der Waals surface area contributed by atoms with Crippen LogP contribution in [0.15, 0.2) is 41.6 Å². The first kappa shape index (κ1) is 22.2. The van der Waals surface area contributed by atoms with Crippen LogP contribution in [-0.2, 0) is 11.8 Å². The van der Waals surface area contributed by atoms with E-state index in [-0.39, 0.29) is 33.6 Å². The number of morpholine rings is 1. The Balaban J connectivity index is 1.67. The van der Waals surface area contributed by atoms with Gasteiger partial charge in [0.25, 0.3) is 5.56 Å². The molecule has 0 bridgehead atoms. The number of hydrogen-bond acceptors (Lipinski definition) is 6. The van der Waals surface area contributed by atoms with Crippen LogP contribution in [0.25, 0.3) is 16.9 Å². The summed E-state index contributed by atoms with van der Waals surface area (Å²) in [6.45, 7) is 3.28. The zero-order valence-corrected chi connectivity index (χ0v) is 20.7. The molecule has 0 N–H and O–H groups in total. The molecule has 4 aromatic rings. The summed E-state index contributed by atoms with van der Waals surface area (Å²) in [4.78, 5) is 24.5. The van der Waals surface area contributed by atoms with Gasteiger partial charge in [-0.15, -0.1) is 0 Å². The first-order chi connectivity index (χ1) is 15.8. The maximum absolute atomic E-state index is 14.9. The molecular formula is C22H19ClFIN6O2. The van der Waals surface area contributed by atoms with Crippen molar-refractivity contribution in [3.05, 3.63) is 72.8 Å². The Labute approximate surface area is 207 Å². The van der Waals surface area contributed by atoms with Crippen molar-refractivity contribution in [1.82, 2.24) is 24.1 Å². The second-order valence-corrected chi connectivity index (χ2v) is 9.31. The molecule has 0 unspecified atom stereocenters. The Bertz CT molecular complexity index is 1440. The summed E-state index contributed by atoms with van der Waals surface area (Å²) in [6.07, 6.45) is 5.15. The summed E-state index contributed by atoms with van der Waals surface area (Å²) in [7, 11) is 1.85. The number of halogens is 3. The number of rotatable bonds is 3. The van der Waals surface area contributed by atoms with E-state index in [2.05, 4.69) is 10.1 Å². The molecule has 4 heterocycles. The van der Waals surface area contributed by atoms with Crippen molar-refractivity contribution in [2.24, 2.45) is 7.05 Å². The van der Waals surface area contributed by atoms with Crippen LogP contribution in [0.5, 0.6) is 0 Å². The van der Waals surface area contributed by atoms with Gasteiger partial charge < -0.3 is 9.64 Å². The van der Waals surface area contributed by atoms with Crippen molar-refractivity contribution in [3.63, 3.8) is 0 Å². The van der Waals surface area contributed by atoms with Crippen molar-refractivity contribution in [2.45, 2.75) is 13.0 Å². The lowest BCUT2D eigenvalue weighted by Crippen LogP contribution is -2.39. The van der Waals surface area contributed by atoms with Gasteiger partial charge in [-0.25, -0.2) is 14.4 Å². The molecule has 1 aromatic carbocycles. The highest BCUT2D eigenvalue weighted by Crippen LogP contribution is 2.31. The van der Waals surface area contributed by atoms with E-state index >= 15 is 0 Å². The molecule has 3 aromatic heterocycles. The van der Waals surface area contributed by atoms with E-state index in [1.54, 1.807) is 36.1 Å². The number of aryl methyl sites for hydroxylation is 1. The molecule has 0 spiro atoms. The van der Waals surface area contributed by atoms with Gasteiger partial charge >= 0.3 is 0 Å². The standard InChI is InChI=1S/C22H19ClFIN6O2/c1-12-20(25)28-21-19(15-4-3-14(23)7-16(15)24)27-18(11-31(21)22(12)32)30-5-6-33-17(10-30)13-8-26-29(2)9-13/h3-4,7-9,11,17H,5-6,10H2,1-2H3/t17-/m1/s1. The summed E-state index contributed by atoms with van der Waals surface area (Å²) >= 11 is 7.97. The fourth-order valence-electron chi connectivity index (χ4n) is 3.87. The van der Waals surface area contributed by atoms with Crippen molar-refractivity contribution >= 4 is 45.7 Å². The molecule has 0 amide bonds. The van der Waals surface area contributed by atoms with Crippen LogP contribution in [0, 0.1) is 16.4 Å². The van der Waals surface area contributed by atoms with Crippen molar-refractivity contribution < 1.29 is 9.13 Å². The average molecular weight is 581 g/mol. The first-order valence-corrected chi connectivity index (χ1v) is 11.7. The fourth-order valence-corrected chi connectivity index (χ4v) is 4.49. The summed E-state index contributed by atoms with van der Waals surface area (Å²) in [6, 6.07) is 4.38. The minimum atomic E-state index is -0.533. The predicted octanol–water partition coefficient (Wildman–Crippen LogP) is 3.77. The highest BCUT2D eigenvalue weighted by atomic mass is 127. The molecule has 33 heavy (non-hydrogen) atoms. The Hall–Kier alpha value is -2.57. The second-order valence-electron chi connectivity index (χ2n) is 7.85. The van der Waals surface area contributed by atoms with Gasteiger partial charge in [0.2, 0.25) is 0 Å². The fraction of sp³-hybridized carbons (Fsp3) is 0.273. The minimum absolute atomic E-state index is 0.200. The first-order valence-electron chi connectivity index (χ1n) is 10.2. The maximum Gasteiger partial charge on any atom is 0.262 e. The number of nitrogens with zero attached hydrogens (tertiary/aromatic N) is 6. The lowest BCUT2D eigenvalue weighted by atomic mass is 10.1. The third kappa shape index (κ3) is 4.11. The zero-order chi connectivity index (χ0) is 23.3. The molecule has 11 heteroatoms. The van der Waals surface area contributed by atoms with Crippen molar-refractivity contribution in [3.8, 4) is 11.3 Å². The second kappa shape index (κ2) is 8.65. The van der Waals surface area contributed by atoms with Gasteiger partial charge in [-0.05, 0) is 47.7 Å². The van der Waals surface area contributed by atoms with Crippen LogP contribution >= 0.6 is 34.2 Å². The third-order valence-electron chi connectivity index (χ3n) is 5.64. The van der Waals surface area contributed by atoms with Gasteiger partial charge in [0.1, 0.15) is 27.1 Å². The third-order valence-corrected chi connectivity index (χ3v) is 6.92. The Morgan fingerprint density at radius 1 is 1.27 bits per heavy atom. The highest BCUT2D eigenvalue weighted by molar-refractivity contribution is 14.1. The molecule has 1 saturated heterocycles. The summed E-state index contributed by atoms with van der Waals surface area (Å²) in [5.41, 5.74) is 2.04. The Morgan fingerprint density at radius 3 is 2.82 bits per heavy atom. The Kier molecular flexibility index (Phi) is 5.83. The van der Waals surface area contributed by atoms with E-state index in [1.165, 1.54) is 10.5 Å². The van der Waals surface area contributed by atoms with Crippen LogP contribution in [0.1, 0.15) is 17.2 Å². The van der Waals surface area contributed by atoms with Gasteiger partial charge in [-0.3, -0.25) is 13.9 Å². The van der Waals surface area contributed by atoms with Gasteiger partial charge in [0.15, 0.2) is 5.65 Å². The van der Waals surface area contributed by atoms with Crippen LogP contribution in [0.4, 0.5) is 10.2 Å². The number of anilines is 1. The van der Waals surface area contributed by atoms with Crippen molar-refractivity contribution in [2.75, 3.05) is 24.6 Å². The van der Waals surface area contributed by atoms with Crippen LogP contribution in [0.2, 0.25) is 5.02 Å². The zero-order valence-electron chi connectivity index (χ0n) is 17.8. The lowest BCUT2D eigenvalue weighted by Gasteiger charge is -2.33. The topological polar surface area (TPSA) is 77.6 Å². The molecule has 0 aliphatic carbocycles. The molecule has 1 aliphatic heterocycles. The number of ether oxygens (including phenoxy) is 1. The Morgan fingerprint density at radius 2 is 2.09 bits per heavy atom.